The number of H-pyrrole nitrogens is 2. The van der Waals surface area contributed by atoms with Crippen LogP contribution in [-0.2, 0) is 25.6 Å². The molecule has 57 heavy (non-hydrogen) atoms. The second kappa shape index (κ2) is 18.3. The number of carboxylic acid groups (broad SMARTS) is 2. The number of carbonyl (C=O) groups excluding carboxylic acids is 2. The quantitative estimate of drug-likeness (QED) is 0.102. The molecule has 10 N–H and O–H groups in total. The third-order valence-electron chi connectivity index (χ3n) is 11.1. The smallest absolute Gasteiger partial charge is 0.303 e. The Morgan fingerprint density at radius 3 is 1.84 bits per heavy atom. The molecule has 5 rings (SSSR count). The van der Waals surface area contributed by atoms with E-state index in [4.69, 9.17) is 16.5 Å². The minimum absolute atomic E-state index is 0.0250. The molecule has 13 nitrogen and oxygen atoms in total. The number of hydrogen-bond acceptors (Lipinski definition) is 9. The van der Waals surface area contributed by atoms with Gasteiger partial charge >= 0.3 is 11.9 Å². The Morgan fingerprint density at radius 1 is 0.737 bits per heavy atom. The summed E-state index contributed by atoms with van der Waals surface area (Å²) in [7, 11) is 3.15. The molecule has 0 unspecified atom stereocenters. The van der Waals surface area contributed by atoms with Crippen LogP contribution in [0.15, 0.2) is 50.2 Å². The lowest BCUT2D eigenvalue weighted by Gasteiger charge is -2.29. The SMILES string of the molecule is CNC(=O)[C@H](N)CS[C@H](C)c1c2[nH]c(c1C)Cc1[nH]c(c(C)c1[C@@H](C)SC[C@@H](N)C(=O)NC)C=C1C(=CC3=NC(=C2)C(C)=C3CCC(=O)O)C(CCC(=O)O)=C1C. The third-order valence-corrected chi connectivity index (χ3v) is 13.7. The number of allylic oxidation sites excluding steroid dienone is 7. The van der Waals surface area contributed by atoms with Crippen molar-refractivity contribution in [3.8, 4) is 0 Å². The summed E-state index contributed by atoms with van der Waals surface area (Å²) in [5.74, 6) is -1.40. The molecule has 0 spiro atoms. The van der Waals surface area contributed by atoms with E-state index >= 15 is 0 Å². The van der Waals surface area contributed by atoms with E-state index in [0.29, 0.717) is 35.8 Å². The number of carbonyl (C=O) groups is 4. The van der Waals surface area contributed by atoms with Gasteiger partial charge in [0.25, 0.3) is 0 Å². The summed E-state index contributed by atoms with van der Waals surface area (Å²) < 4.78 is 0. The number of aromatic amines is 2. The topological polar surface area (TPSA) is 229 Å². The molecule has 15 heteroatoms. The standard InChI is InChI=1S/C42H55N7O6S2/c1-19-25(9-11-37(50)51)28-14-34-26(10-12-38(52)53)20(2)32(47-34)15-35-40(24(6)57-18-30(44)42(55)46-8)22(4)33(49-35)16-36-39(21(3)31(48-36)13-27(19)28)23(5)56-17-29(43)41(54)45-7/h13-15,23-24,29-30,48-49H,9-12,16-18,43-44H2,1-8H3,(H,45,54)(H,46,55)(H,50,51)(H,52,53)/t23-,24-,29-,30-/m1/s1. The van der Waals surface area contributed by atoms with Crippen molar-refractivity contribution < 1.29 is 29.4 Å². The van der Waals surface area contributed by atoms with Gasteiger partial charge in [-0.1, -0.05) is 0 Å². The van der Waals surface area contributed by atoms with Crippen molar-refractivity contribution in [1.82, 2.24) is 20.6 Å². The highest BCUT2D eigenvalue weighted by atomic mass is 32.2. The fraction of sp³-hybridized carbons (Fsp3) is 0.452. The average Bonchev–Trinajstić information content (AvgIpc) is 3.76. The van der Waals surface area contributed by atoms with Gasteiger partial charge in [-0.2, -0.15) is 23.5 Å². The molecular weight excluding hydrogens is 763 g/mol. The van der Waals surface area contributed by atoms with Gasteiger partial charge < -0.3 is 42.3 Å². The molecule has 0 saturated heterocycles. The number of nitrogens with two attached hydrogens (primary N) is 2. The van der Waals surface area contributed by atoms with Crippen molar-refractivity contribution in [3.63, 3.8) is 0 Å². The van der Waals surface area contributed by atoms with Crippen LogP contribution < -0.4 is 22.1 Å². The zero-order valence-electron chi connectivity index (χ0n) is 33.9. The highest BCUT2D eigenvalue weighted by Gasteiger charge is 2.32. The van der Waals surface area contributed by atoms with E-state index in [-0.39, 0.29) is 41.6 Å². The van der Waals surface area contributed by atoms with E-state index in [1.54, 1.807) is 37.6 Å². The summed E-state index contributed by atoms with van der Waals surface area (Å²) in [4.78, 5) is 60.8. The van der Waals surface area contributed by atoms with Crippen LogP contribution in [0.4, 0.5) is 0 Å². The van der Waals surface area contributed by atoms with E-state index < -0.39 is 24.0 Å². The Balaban J connectivity index is 1.73. The number of amides is 2. The van der Waals surface area contributed by atoms with Crippen molar-refractivity contribution in [1.29, 1.82) is 0 Å². The summed E-state index contributed by atoms with van der Waals surface area (Å²) in [5.41, 5.74) is 27.4. The fourth-order valence-electron chi connectivity index (χ4n) is 7.82. The number of aliphatic imine (C=N–C) groups is 1. The molecule has 2 aromatic heterocycles. The summed E-state index contributed by atoms with van der Waals surface area (Å²) in [5, 5.41) is 24.5. The van der Waals surface area contributed by atoms with E-state index in [9.17, 15) is 29.4 Å². The number of aromatic nitrogens is 2. The van der Waals surface area contributed by atoms with Crippen LogP contribution in [0, 0.1) is 13.8 Å². The molecular formula is C42H55N7O6S2. The Morgan fingerprint density at radius 2 is 1.28 bits per heavy atom. The largest absolute Gasteiger partial charge is 0.481 e. The molecule has 0 saturated carbocycles. The van der Waals surface area contributed by atoms with Crippen LogP contribution in [0.2, 0.25) is 0 Å². The summed E-state index contributed by atoms with van der Waals surface area (Å²) in [6, 6.07) is -1.33. The normalized spacial score (nSPS) is 17.2. The fourth-order valence-corrected chi connectivity index (χ4v) is 10.1. The molecule has 2 amide bonds. The van der Waals surface area contributed by atoms with Gasteiger partial charge in [0.2, 0.25) is 11.8 Å². The number of carboxylic acids is 2. The number of hydrogen-bond donors (Lipinski definition) is 8. The predicted octanol–water partition coefficient (Wildman–Crippen LogP) is 5.78. The van der Waals surface area contributed by atoms with Gasteiger partial charge in [0.15, 0.2) is 0 Å². The first-order chi connectivity index (χ1) is 27.0. The van der Waals surface area contributed by atoms with E-state index in [2.05, 4.69) is 54.4 Å². The van der Waals surface area contributed by atoms with Crippen molar-refractivity contribution in [3.05, 3.63) is 90.2 Å². The Labute approximate surface area is 342 Å². The second-order valence-electron chi connectivity index (χ2n) is 14.8. The molecule has 3 aliphatic rings. The lowest BCUT2D eigenvalue weighted by atomic mass is 9.74. The third kappa shape index (κ3) is 9.43. The number of rotatable bonds is 16. The molecule has 0 radical (unpaired) electrons. The molecule has 4 heterocycles. The lowest BCUT2D eigenvalue weighted by molar-refractivity contribution is -0.137. The van der Waals surface area contributed by atoms with Crippen molar-refractivity contribution in [2.45, 2.75) is 96.2 Å². The van der Waals surface area contributed by atoms with Crippen LogP contribution in [-0.4, -0.2) is 87.3 Å². The van der Waals surface area contributed by atoms with Gasteiger partial charge in [0, 0.05) is 78.1 Å². The number of nitrogens with one attached hydrogen (secondary N) is 4. The van der Waals surface area contributed by atoms with E-state index in [0.717, 1.165) is 78.5 Å². The Hall–Kier alpha value is -4.57. The van der Waals surface area contributed by atoms with Gasteiger partial charge in [-0.05, 0) is 128 Å². The molecule has 0 aromatic carbocycles. The highest BCUT2D eigenvalue weighted by molar-refractivity contribution is 7.99. The first-order valence-corrected chi connectivity index (χ1v) is 21.3. The number of nitrogens with zero attached hydrogens (tertiary/aromatic N) is 1. The summed E-state index contributed by atoms with van der Waals surface area (Å²) >= 11 is 3.21. The molecule has 2 aliphatic heterocycles. The highest BCUT2D eigenvalue weighted by Crippen LogP contribution is 2.46. The van der Waals surface area contributed by atoms with Crippen molar-refractivity contribution in [2.24, 2.45) is 16.5 Å². The minimum Gasteiger partial charge on any atom is -0.481 e. The number of likely N-dealkylation sites (N-methyl/N-ethyl adjacent to an activating group) is 2. The van der Waals surface area contributed by atoms with Crippen LogP contribution in [0.25, 0.3) is 12.2 Å². The van der Waals surface area contributed by atoms with Crippen LogP contribution in [0.3, 0.4) is 0 Å². The second-order valence-corrected chi connectivity index (χ2v) is 17.6. The Bertz CT molecular complexity index is 2170. The predicted molar refractivity (Wildman–Crippen MR) is 230 cm³/mol. The van der Waals surface area contributed by atoms with Gasteiger partial charge in [0.05, 0.1) is 23.5 Å². The molecule has 306 valence electrons. The summed E-state index contributed by atoms with van der Waals surface area (Å²) in [6.45, 7) is 12.4. The maximum absolute atomic E-state index is 12.3. The zero-order chi connectivity index (χ0) is 41.9. The van der Waals surface area contributed by atoms with Gasteiger partial charge in [-0.25, -0.2) is 4.99 Å². The first kappa shape index (κ1) is 43.6. The number of fused-ring (bicyclic) bond motifs is 6. The zero-order valence-corrected chi connectivity index (χ0v) is 35.6. The Kier molecular flexibility index (Phi) is 14.0. The van der Waals surface area contributed by atoms with Gasteiger partial charge in [-0.3, -0.25) is 19.2 Å². The molecule has 4 atom stereocenters. The minimum atomic E-state index is -0.909. The molecule has 2 aromatic rings. The van der Waals surface area contributed by atoms with Crippen LogP contribution in [0.1, 0.15) is 109 Å². The number of aliphatic carboxylic acids is 2. The van der Waals surface area contributed by atoms with E-state index in [1.165, 1.54) is 0 Å². The van der Waals surface area contributed by atoms with E-state index in [1.807, 2.05) is 26.0 Å². The first-order valence-electron chi connectivity index (χ1n) is 19.2. The van der Waals surface area contributed by atoms with Crippen molar-refractivity contribution >= 4 is 65.1 Å². The average molecular weight is 818 g/mol. The van der Waals surface area contributed by atoms with Crippen LogP contribution in [0.5, 0.6) is 0 Å². The van der Waals surface area contributed by atoms with Gasteiger partial charge in [-0.15, -0.1) is 0 Å². The monoisotopic (exact) mass is 817 g/mol. The number of thioether (sulfide) groups is 2. The van der Waals surface area contributed by atoms with Crippen LogP contribution >= 0.6 is 23.5 Å². The molecule has 1 aliphatic carbocycles. The summed E-state index contributed by atoms with van der Waals surface area (Å²) in [6.07, 6.45) is 7.20. The van der Waals surface area contributed by atoms with Crippen molar-refractivity contribution in [2.75, 3.05) is 25.6 Å². The molecule has 0 fully saturated rings. The maximum Gasteiger partial charge on any atom is 0.303 e. The van der Waals surface area contributed by atoms with Gasteiger partial charge in [0.1, 0.15) is 0 Å². The maximum atomic E-state index is 12.3. The lowest BCUT2D eigenvalue weighted by Crippen LogP contribution is -2.40. The molecule has 6 bridgehead atoms.